The molecule has 0 saturated carbocycles. The third-order valence-corrected chi connectivity index (χ3v) is 4.24. The van der Waals surface area contributed by atoms with E-state index in [1.54, 1.807) is 0 Å². The Balaban J connectivity index is 1.78. The smallest absolute Gasteiger partial charge is 0.00867 e. The monoisotopic (exact) mass is 286 g/mol. The van der Waals surface area contributed by atoms with E-state index >= 15 is 0 Å². The molecule has 0 radical (unpaired) electrons. The second kappa shape index (κ2) is 7.09. The van der Waals surface area contributed by atoms with Crippen molar-refractivity contribution in [2.24, 2.45) is 0 Å². The van der Waals surface area contributed by atoms with Crippen LogP contribution in [0.3, 0.4) is 0 Å². The average molecular weight is 286 g/mol. The van der Waals surface area contributed by atoms with E-state index in [-0.39, 0.29) is 0 Å². The zero-order valence-electron chi connectivity index (χ0n) is 13.1. The van der Waals surface area contributed by atoms with E-state index in [2.05, 4.69) is 91.9 Å². The topological polar surface area (TPSA) is 0 Å². The highest BCUT2D eigenvalue weighted by Crippen LogP contribution is 2.28. The third kappa shape index (κ3) is 3.46. The lowest BCUT2D eigenvalue weighted by atomic mass is 9.88. The van der Waals surface area contributed by atoms with Crippen LogP contribution in [0.25, 0.3) is 0 Å². The Hall–Kier alpha value is -2.34. The molecule has 1 unspecified atom stereocenters. The van der Waals surface area contributed by atoms with Crippen LogP contribution in [0.4, 0.5) is 0 Å². The van der Waals surface area contributed by atoms with Gasteiger partial charge < -0.3 is 0 Å². The zero-order valence-corrected chi connectivity index (χ0v) is 13.1. The molecule has 0 aromatic heterocycles. The van der Waals surface area contributed by atoms with E-state index in [1.807, 2.05) is 0 Å². The number of benzene rings is 3. The number of hydrogen-bond acceptors (Lipinski definition) is 0. The van der Waals surface area contributed by atoms with Gasteiger partial charge in [-0.1, -0.05) is 91.9 Å². The van der Waals surface area contributed by atoms with Gasteiger partial charge in [0.25, 0.3) is 0 Å². The summed E-state index contributed by atoms with van der Waals surface area (Å²) < 4.78 is 0. The first-order valence-electron chi connectivity index (χ1n) is 8.04. The molecular weight excluding hydrogens is 264 g/mol. The van der Waals surface area contributed by atoms with Crippen molar-refractivity contribution in [1.29, 1.82) is 0 Å². The maximum atomic E-state index is 2.29. The van der Waals surface area contributed by atoms with Gasteiger partial charge in [-0.05, 0) is 35.1 Å². The predicted octanol–water partition coefficient (Wildman–Crippen LogP) is 5.82. The first kappa shape index (κ1) is 14.6. The van der Waals surface area contributed by atoms with Crippen LogP contribution < -0.4 is 0 Å². The normalized spacial score (nSPS) is 12.0. The Bertz CT molecular complexity index is 681. The summed E-state index contributed by atoms with van der Waals surface area (Å²) in [6, 6.07) is 30.6. The summed E-state index contributed by atoms with van der Waals surface area (Å²) in [4.78, 5) is 0. The van der Waals surface area contributed by atoms with Crippen molar-refractivity contribution in [3.05, 3.63) is 107 Å². The minimum atomic E-state index is 0.493. The zero-order chi connectivity index (χ0) is 15.2. The quantitative estimate of drug-likeness (QED) is 0.554. The van der Waals surface area contributed by atoms with Gasteiger partial charge in [0, 0.05) is 5.92 Å². The lowest BCUT2D eigenvalue weighted by Crippen LogP contribution is -1.99. The van der Waals surface area contributed by atoms with Crippen LogP contribution in [-0.4, -0.2) is 0 Å². The Morgan fingerprint density at radius 2 is 1.09 bits per heavy atom. The average Bonchev–Trinajstić information content (AvgIpc) is 2.59. The van der Waals surface area contributed by atoms with Crippen molar-refractivity contribution in [3.8, 4) is 0 Å². The fourth-order valence-electron chi connectivity index (χ4n) is 3.05. The van der Waals surface area contributed by atoms with Gasteiger partial charge in [0.15, 0.2) is 0 Å². The predicted molar refractivity (Wildman–Crippen MR) is 94.3 cm³/mol. The van der Waals surface area contributed by atoms with Crippen molar-refractivity contribution in [2.75, 3.05) is 0 Å². The molecule has 0 bridgehead atoms. The molecule has 110 valence electrons. The fourth-order valence-corrected chi connectivity index (χ4v) is 3.05. The van der Waals surface area contributed by atoms with Gasteiger partial charge in [0.1, 0.15) is 0 Å². The molecule has 3 aromatic rings. The molecule has 0 amide bonds. The summed E-state index contributed by atoms with van der Waals surface area (Å²) in [6.07, 6.45) is 2.13. The molecule has 0 heteroatoms. The summed E-state index contributed by atoms with van der Waals surface area (Å²) in [6.45, 7) is 2.26. The molecule has 0 saturated heterocycles. The standard InChI is InChI=1S/C22H22/c1-2-22(20-11-7-4-8-12-20)21-15-13-19(14-16-21)17-18-9-5-3-6-10-18/h3-16,22H,2,17H2,1H3. The molecule has 0 aliphatic rings. The Labute approximate surface area is 133 Å². The molecule has 0 aliphatic heterocycles. The fraction of sp³-hybridized carbons (Fsp3) is 0.182. The van der Waals surface area contributed by atoms with Crippen LogP contribution in [0.1, 0.15) is 41.5 Å². The maximum absolute atomic E-state index is 2.29. The van der Waals surface area contributed by atoms with Gasteiger partial charge in [0.05, 0.1) is 0 Å². The van der Waals surface area contributed by atoms with Crippen molar-refractivity contribution in [3.63, 3.8) is 0 Å². The lowest BCUT2D eigenvalue weighted by Gasteiger charge is -2.16. The molecule has 0 nitrogen and oxygen atoms in total. The Kier molecular flexibility index (Phi) is 4.70. The van der Waals surface area contributed by atoms with Crippen LogP contribution in [-0.2, 0) is 6.42 Å². The molecule has 3 aromatic carbocycles. The van der Waals surface area contributed by atoms with Crippen molar-refractivity contribution in [2.45, 2.75) is 25.7 Å². The first-order valence-corrected chi connectivity index (χ1v) is 8.04. The van der Waals surface area contributed by atoms with Gasteiger partial charge in [-0.2, -0.15) is 0 Å². The van der Waals surface area contributed by atoms with E-state index < -0.39 is 0 Å². The van der Waals surface area contributed by atoms with Gasteiger partial charge in [-0.3, -0.25) is 0 Å². The van der Waals surface area contributed by atoms with Gasteiger partial charge in [-0.25, -0.2) is 0 Å². The van der Waals surface area contributed by atoms with Gasteiger partial charge in [0.2, 0.25) is 0 Å². The SMILES string of the molecule is CCC(c1ccccc1)c1ccc(Cc2ccccc2)cc1. The van der Waals surface area contributed by atoms with Gasteiger partial charge >= 0.3 is 0 Å². The second-order valence-corrected chi connectivity index (χ2v) is 5.78. The molecule has 22 heavy (non-hydrogen) atoms. The maximum Gasteiger partial charge on any atom is 0.00867 e. The highest BCUT2D eigenvalue weighted by atomic mass is 14.2. The lowest BCUT2D eigenvalue weighted by molar-refractivity contribution is 0.777. The summed E-state index contributed by atoms with van der Waals surface area (Å²) in [5, 5.41) is 0. The molecule has 0 fully saturated rings. The minimum absolute atomic E-state index is 0.493. The van der Waals surface area contributed by atoms with Crippen LogP contribution >= 0.6 is 0 Å². The Morgan fingerprint density at radius 3 is 1.68 bits per heavy atom. The molecule has 0 heterocycles. The molecular formula is C22H22. The van der Waals surface area contributed by atoms with E-state index in [0.717, 1.165) is 12.8 Å². The highest BCUT2D eigenvalue weighted by molar-refractivity contribution is 5.35. The summed E-state index contributed by atoms with van der Waals surface area (Å²) in [5.74, 6) is 0.493. The minimum Gasteiger partial charge on any atom is -0.0645 e. The first-order chi connectivity index (χ1) is 10.9. The van der Waals surface area contributed by atoms with Crippen LogP contribution in [0.15, 0.2) is 84.9 Å². The number of hydrogen-bond donors (Lipinski definition) is 0. The summed E-state index contributed by atoms with van der Waals surface area (Å²) in [5.41, 5.74) is 5.55. The second-order valence-electron chi connectivity index (χ2n) is 5.78. The molecule has 0 spiro atoms. The highest BCUT2D eigenvalue weighted by Gasteiger charge is 2.11. The molecule has 0 aliphatic carbocycles. The van der Waals surface area contributed by atoms with Crippen molar-refractivity contribution >= 4 is 0 Å². The Morgan fingerprint density at radius 1 is 0.591 bits per heavy atom. The molecule has 0 N–H and O–H groups in total. The molecule has 3 rings (SSSR count). The largest absolute Gasteiger partial charge is 0.0645 e. The van der Waals surface area contributed by atoms with Gasteiger partial charge in [-0.15, -0.1) is 0 Å². The number of rotatable bonds is 5. The summed E-state index contributed by atoms with van der Waals surface area (Å²) in [7, 11) is 0. The van der Waals surface area contributed by atoms with E-state index in [9.17, 15) is 0 Å². The molecule has 1 atom stereocenters. The van der Waals surface area contributed by atoms with E-state index in [4.69, 9.17) is 0 Å². The van der Waals surface area contributed by atoms with Crippen molar-refractivity contribution in [1.82, 2.24) is 0 Å². The third-order valence-electron chi connectivity index (χ3n) is 4.24. The van der Waals surface area contributed by atoms with E-state index in [0.29, 0.717) is 5.92 Å². The van der Waals surface area contributed by atoms with Crippen LogP contribution in [0, 0.1) is 0 Å². The summed E-state index contributed by atoms with van der Waals surface area (Å²) >= 11 is 0. The van der Waals surface area contributed by atoms with Crippen LogP contribution in [0.5, 0.6) is 0 Å². The van der Waals surface area contributed by atoms with E-state index in [1.165, 1.54) is 22.3 Å². The van der Waals surface area contributed by atoms with Crippen molar-refractivity contribution < 1.29 is 0 Å². The van der Waals surface area contributed by atoms with Crippen LogP contribution in [0.2, 0.25) is 0 Å².